The topological polar surface area (TPSA) is 50.8 Å². The van der Waals surface area contributed by atoms with Gasteiger partial charge in [0.2, 0.25) is 5.91 Å². The number of rotatable bonds is 7. The van der Waals surface area contributed by atoms with Crippen molar-refractivity contribution in [2.24, 2.45) is 5.92 Å². The summed E-state index contributed by atoms with van der Waals surface area (Å²) < 4.78 is 11.0. The number of nitrogens with zero attached hydrogens (tertiary/aromatic N) is 1. The van der Waals surface area contributed by atoms with E-state index in [2.05, 4.69) is 21.7 Å². The molecule has 2 saturated heterocycles. The Morgan fingerprint density at radius 3 is 2.91 bits per heavy atom. The molecule has 0 aliphatic carbocycles. The fraction of sp³-hybridized carbons (Fsp3) is 0.706. The molecule has 2 atom stereocenters. The molecule has 0 saturated carbocycles. The Morgan fingerprint density at radius 2 is 2.22 bits per heavy atom. The molecule has 1 amide bonds. The molecule has 23 heavy (non-hydrogen) atoms. The standard InChI is InChI=1S/C17H26N2O3S/c20-17(4-3-15-2-1-11-23-15)18-12-16(14-5-8-22-13-14)19-6-9-21-10-7-19/h1-2,11,14,16H,3-10,12-13H2,(H,18,20)/t14-,16+/m0/s1. The van der Waals surface area contributed by atoms with Gasteiger partial charge in [0.25, 0.3) is 0 Å². The number of hydrogen-bond donors (Lipinski definition) is 1. The molecule has 1 aromatic rings. The zero-order valence-corrected chi connectivity index (χ0v) is 14.4. The van der Waals surface area contributed by atoms with E-state index >= 15 is 0 Å². The summed E-state index contributed by atoms with van der Waals surface area (Å²) >= 11 is 1.71. The molecule has 0 unspecified atom stereocenters. The van der Waals surface area contributed by atoms with Crippen molar-refractivity contribution in [2.75, 3.05) is 46.1 Å². The van der Waals surface area contributed by atoms with Gasteiger partial charge >= 0.3 is 0 Å². The van der Waals surface area contributed by atoms with E-state index in [0.29, 0.717) is 18.4 Å². The zero-order valence-electron chi connectivity index (χ0n) is 13.5. The monoisotopic (exact) mass is 338 g/mol. The molecule has 0 spiro atoms. The van der Waals surface area contributed by atoms with Gasteiger partial charge in [-0.2, -0.15) is 0 Å². The minimum Gasteiger partial charge on any atom is -0.381 e. The Balaban J connectivity index is 1.47. The van der Waals surface area contributed by atoms with Gasteiger partial charge < -0.3 is 14.8 Å². The highest BCUT2D eigenvalue weighted by molar-refractivity contribution is 7.09. The smallest absolute Gasteiger partial charge is 0.220 e. The quantitative estimate of drug-likeness (QED) is 0.819. The Bertz CT molecular complexity index is 468. The fourth-order valence-corrected chi connectivity index (χ4v) is 4.07. The van der Waals surface area contributed by atoms with Crippen LogP contribution in [0.25, 0.3) is 0 Å². The van der Waals surface area contributed by atoms with Crippen LogP contribution in [0.3, 0.4) is 0 Å². The molecular weight excluding hydrogens is 312 g/mol. The molecule has 1 N–H and O–H groups in total. The van der Waals surface area contributed by atoms with Gasteiger partial charge in [-0.3, -0.25) is 9.69 Å². The molecule has 5 nitrogen and oxygen atoms in total. The Labute approximate surface area is 142 Å². The van der Waals surface area contributed by atoms with Crippen molar-refractivity contribution >= 4 is 17.2 Å². The highest BCUT2D eigenvalue weighted by atomic mass is 32.1. The number of hydrogen-bond acceptors (Lipinski definition) is 5. The van der Waals surface area contributed by atoms with Crippen LogP contribution >= 0.6 is 11.3 Å². The maximum atomic E-state index is 12.2. The second-order valence-corrected chi connectivity index (χ2v) is 7.26. The first-order valence-electron chi connectivity index (χ1n) is 8.51. The van der Waals surface area contributed by atoms with Crippen LogP contribution in [0.5, 0.6) is 0 Å². The average molecular weight is 338 g/mol. The zero-order chi connectivity index (χ0) is 15.9. The maximum Gasteiger partial charge on any atom is 0.220 e. The van der Waals surface area contributed by atoms with Crippen LogP contribution in [0.15, 0.2) is 17.5 Å². The van der Waals surface area contributed by atoms with E-state index in [1.54, 1.807) is 11.3 Å². The normalized spacial score (nSPS) is 23.7. The summed E-state index contributed by atoms with van der Waals surface area (Å²) in [6, 6.07) is 4.49. The van der Waals surface area contributed by atoms with Crippen molar-refractivity contribution in [1.29, 1.82) is 0 Å². The fourth-order valence-electron chi connectivity index (χ4n) is 3.36. The Kier molecular flexibility index (Phi) is 6.45. The van der Waals surface area contributed by atoms with E-state index in [-0.39, 0.29) is 5.91 Å². The lowest BCUT2D eigenvalue weighted by molar-refractivity contribution is -0.121. The lowest BCUT2D eigenvalue weighted by Gasteiger charge is -2.37. The van der Waals surface area contributed by atoms with E-state index in [0.717, 1.165) is 58.9 Å². The van der Waals surface area contributed by atoms with E-state index in [4.69, 9.17) is 9.47 Å². The minimum atomic E-state index is 0.149. The first-order valence-corrected chi connectivity index (χ1v) is 9.39. The largest absolute Gasteiger partial charge is 0.381 e. The highest BCUT2D eigenvalue weighted by Crippen LogP contribution is 2.22. The highest BCUT2D eigenvalue weighted by Gasteiger charge is 2.31. The van der Waals surface area contributed by atoms with Crippen LogP contribution in [0.2, 0.25) is 0 Å². The molecule has 2 aliphatic heterocycles. The van der Waals surface area contributed by atoms with Gasteiger partial charge in [-0.25, -0.2) is 0 Å². The summed E-state index contributed by atoms with van der Waals surface area (Å²) in [6.07, 6.45) is 2.49. The summed E-state index contributed by atoms with van der Waals surface area (Å²) in [6.45, 7) is 5.85. The third-order valence-electron chi connectivity index (χ3n) is 4.71. The molecule has 2 aliphatic rings. The number of carbonyl (C=O) groups excluding carboxylic acids is 1. The van der Waals surface area contributed by atoms with Crippen molar-refractivity contribution in [3.05, 3.63) is 22.4 Å². The van der Waals surface area contributed by atoms with E-state index in [1.807, 2.05) is 6.07 Å². The number of nitrogens with one attached hydrogen (secondary N) is 1. The van der Waals surface area contributed by atoms with Gasteiger partial charge in [0, 0.05) is 49.5 Å². The molecular formula is C17H26N2O3S. The Morgan fingerprint density at radius 1 is 1.35 bits per heavy atom. The van der Waals surface area contributed by atoms with Gasteiger partial charge in [0.1, 0.15) is 0 Å². The van der Waals surface area contributed by atoms with E-state index in [1.165, 1.54) is 4.88 Å². The van der Waals surface area contributed by atoms with Crippen molar-refractivity contribution in [2.45, 2.75) is 25.3 Å². The van der Waals surface area contributed by atoms with Gasteiger partial charge in [0.05, 0.1) is 19.8 Å². The summed E-state index contributed by atoms with van der Waals surface area (Å²) in [5.74, 6) is 0.668. The molecule has 3 heterocycles. The van der Waals surface area contributed by atoms with Crippen LogP contribution in [0.1, 0.15) is 17.7 Å². The Hall–Kier alpha value is -0.950. The SMILES string of the molecule is O=C(CCc1cccs1)NC[C@H]([C@H]1CCOC1)N1CCOCC1. The van der Waals surface area contributed by atoms with Crippen LogP contribution in [0, 0.1) is 5.92 Å². The van der Waals surface area contributed by atoms with Crippen LogP contribution in [-0.4, -0.2) is 62.9 Å². The lowest BCUT2D eigenvalue weighted by atomic mass is 9.97. The number of carbonyl (C=O) groups is 1. The molecule has 0 aromatic carbocycles. The third-order valence-corrected chi connectivity index (χ3v) is 5.65. The van der Waals surface area contributed by atoms with Crippen molar-refractivity contribution < 1.29 is 14.3 Å². The van der Waals surface area contributed by atoms with Crippen molar-refractivity contribution in [1.82, 2.24) is 10.2 Å². The van der Waals surface area contributed by atoms with E-state index in [9.17, 15) is 4.79 Å². The molecule has 3 rings (SSSR count). The maximum absolute atomic E-state index is 12.2. The number of aryl methyl sites for hydroxylation is 1. The number of morpholine rings is 1. The number of ether oxygens (including phenoxy) is 2. The summed E-state index contributed by atoms with van der Waals surface area (Å²) in [7, 11) is 0. The second-order valence-electron chi connectivity index (χ2n) is 6.22. The first-order chi connectivity index (χ1) is 11.3. The van der Waals surface area contributed by atoms with Gasteiger partial charge in [-0.05, 0) is 24.3 Å². The minimum absolute atomic E-state index is 0.149. The van der Waals surface area contributed by atoms with Gasteiger partial charge in [-0.1, -0.05) is 6.07 Å². The number of amides is 1. The molecule has 128 valence electrons. The van der Waals surface area contributed by atoms with Gasteiger partial charge in [0.15, 0.2) is 0 Å². The molecule has 6 heteroatoms. The third kappa shape index (κ3) is 5.01. The summed E-state index contributed by atoms with van der Waals surface area (Å²) in [5.41, 5.74) is 0. The van der Waals surface area contributed by atoms with Crippen molar-refractivity contribution in [3.63, 3.8) is 0 Å². The van der Waals surface area contributed by atoms with Crippen LogP contribution in [-0.2, 0) is 20.7 Å². The summed E-state index contributed by atoms with van der Waals surface area (Å²) in [4.78, 5) is 15.9. The van der Waals surface area contributed by atoms with Crippen molar-refractivity contribution in [3.8, 4) is 0 Å². The number of thiophene rings is 1. The first kappa shape index (κ1) is 16.9. The van der Waals surface area contributed by atoms with Crippen LogP contribution < -0.4 is 5.32 Å². The van der Waals surface area contributed by atoms with Crippen LogP contribution in [0.4, 0.5) is 0 Å². The lowest BCUT2D eigenvalue weighted by Crippen LogP contribution is -2.52. The van der Waals surface area contributed by atoms with Gasteiger partial charge in [-0.15, -0.1) is 11.3 Å². The molecule has 2 fully saturated rings. The molecule has 1 aromatic heterocycles. The molecule has 0 bridgehead atoms. The predicted octanol–water partition coefficient (Wildman–Crippen LogP) is 1.53. The van der Waals surface area contributed by atoms with E-state index < -0.39 is 0 Å². The predicted molar refractivity (Wildman–Crippen MR) is 90.8 cm³/mol. The average Bonchev–Trinajstić information content (AvgIpc) is 3.28. The molecule has 0 radical (unpaired) electrons. The second kappa shape index (κ2) is 8.78. The summed E-state index contributed by atoms with van der Waals surface area (Å²) in [5, 5.41) is 5.20.